The van der Waals surface area contributed by atoms with Gasteiger partial charge in [-0.25, -0.2) is 4.98 Å². The maximum absolute atomic E-state index is 12.5. The quantitative estimate of drug-likeness (QED) is 0.883. The van der Waals surface area contributed by atoms with Gasteiger partial charge in [-0.15, -0.1) is 0 Å². The molecule has 1 aromatic heterocycles. The summed E-state index contributed by atoms with van der Waals surface area (Å²) < 4.78 is 0. The molecule has 1 heterocycles. The van der Waals surface area contributed by atoms with E-state index in [9.17, 15) is 4.79 Å². The number of hydrogen-bond acceptors (Lipinski definition) is 4. The summed E-state index contributed by atoms with van der Waals surface area (Å²) in [4.78, 5) is 18.3. The summed E-state index contributed by atoms with van der Waals surface area (Å²) in [5.41, 5.74) is 2.68. The average molecular weight is 287 g/mol. The lowest BCUT2D eigenvalue weighted by molar-refractivity contribution is 0.0781. The highest BCUT2D eigenvalue weighted by Crippen LogP contribution is 2.17. The fourth-order valence-electron chi connectivity index (χ4n) is 2.17. The maximum Gasteiger partial charge on any atom is 0.254 e. The highest BCUT2D eigenvalue weighted by atomic mass is 16.2. The molecule has 2 rings (SSSR count). The Balaban J connectivity index is 2.11. The molecule has 0 radical (unpaired) electrons. The van der Waals surface area contributed by atoms with Crippen LogP contribution in [-0.2, 0) is 6.54 Å². The summed E-state index contributed by atoms with van der Waals surface area (Å²) in [6.07, 6.45) is 0. The summed E-state index contributed by atoms with van der Waals surface area (Å²) >= 11 is 0. The summed E-state index contributed by atoms with van der Waals surface area (Å²) in [7, 11) is 1.76. The van der Waals surface area contributed by atoms with Crippen LogP contribution in [0.2, 0.25) is 0 Å². The van der Waals surface area contributed by atoms with Gasteiger partial charge in [-0.1, -0.05) is 0 Å². The second-order valence-corrected chi connectivity index (χ2v) is 5.06. The second-order valence-electron chi connectivity index (χ2n) is 5.06. The summed E-state index contributed by atoms with van der Waals surface area (Å²) in [6, 6.07) is 5.77. The van der Waals surface area contributed by atoms with Crippen molar-refractivity contribution in [3.8, 4) is 0 Å². The zero-order chi connectivity index (χ0) is 15.4. The number of rotatable bonds is 5. The van der Waals surface area contributed by atoms with Crippen molar-refractivity contribution in [1.29, 1.82) is 0 Å². The van der Waals surface area contributed by atoms with Crippen molar-refractivity contribution >= 4 is 11.6 Å². The van der Waals surface area contributed by atoms with Crippen molar-refractivity contribution in [1.82, 2.24) is 20.1 Å². The van der Waals surface area contributed by atoms with E-state index in [0.29, 0.717) is 17.9 Å². The highest BCUT2D eigenvalue weighted by Gasteiger charge is 2.16. The molecule has 1 amide bonds. The SMILES string of the molecule is CCNc1ccc(C(=O)N(C)Cc2n[nH]c(C)n2)c(C)c1. The Morgan fingerprint density at radius 1 is 1.38 bits per heavy atom. The van der Waals surface area contributed by atoms with Gasteiger partial charge in [0.15, 0.2) is 5.82 Å². The number of benzene rings is 1. The normalized spacial score (nSPS) is 10.5. The Morgan fingerprint density at radius 2 is 2.14 bits per heavy atom. The molecular weight excluding hydrogens is 266 g/mol. The van der Waals surface area contributed by atoms with E-state index < -0.39 is 0 Å². The van der Waals surface area contributed by atoms with Gasteiger partial charge in [0.25, 0.3) is 5.91 Å². The van der Waals surface area contributed by atoms with Crippen LogP contribution in [0.25, 0.3) is 0 Å². The highest BCUT2D eigenvalue weighted by molar-refractivity contribution is 5.95. The van der Waals surface area contributed by atoms with Gasteiger partial charge in [0, 0.05) is 24.8 Å². The first-order valence-corrected chi connectivity index (χ1v) is 6.99. The van der Waals surface area contributed by atoms with Crippen LogP contribution >= 0.6 is 0 Å². The van der Waals surface area contributed by atoms with Crippen LogP contribution < -0.4 is 5.32 Å². The number of amides is 1. The minimum absolute atomic E-state index is 0.0296. The number of nitrogens with zero attached hydrogens (tertiary/aromatic N) is 3. The molecule has 6 heteroatoms. The zero-order valence-corrected chi connectivity index (χ0v) is 12.9. The predicted octanol–water partition coefficient (Wildman–Crippen LogP) is 2.13. The molecule has 0 aliphatic heterocycles. The van der Waals surface area contributed by atoms with E-state index in [0.717, 1.165) is 23.6 Å². The van der Waals surface area contributed by atoms with Gasteiger partial charge in [-0.05, 0) is 44.5 Å². The number of nitrogens with one attached hydrogen (secondary N) is 2. The second kappa shape index (κ2) is 6.39. The van der Waals surface area contributed by atoms with Crippen LogP contribution in [0, 0.1) is 13.8 Å². The van der Waals surface area contributed by atoms with Crippen LogP contribution in [-0.4, -0.2) is 39.6 Å². The average Bonchev–Trinajstić information content (AvgIpc) is 2.84. The summed E-state index contributed by atoms with van der Waals surface area (Å²) in [6.45, 7) is 7.07. The number of hydrogen-bond donors (Lipinski definition) is 2. The van der Waals surface area contributed by atoms with E-state index in [2.05, 4.69) is 20.5 Å². The standard InChI is InChI=1S/C15H21N5O/c1-5-16-12-6-7-13(10(2)8-12)15(21)20(4)9-14-17-11(3)18-19-14/h6-8,16H,5,9H2,1-4H3,(H,17,18,19). The van der Waals surface area contributed by atoms with Crippen LogP contribution in [0.5, 0.6) is 0 Å². The molecule has 1 aromatic carbocycles. The van der Waals surface area contributed by atoms with Crippen molar-refractivity contribution in [3.63, 3.8) is 0 Å². The first-order chi connectivity index (χ1) is 10.0. The van der Waals surface area contributed by atoms with Crippen LogP contribution in [0.3, 0.4) is 0 Å². The number of aryl methyl sites for hydroxylation is 2. The molecular formula is C15H21N5O. The third-order valence-corrected chi connectivity index (χ3v) is 3.21. The molecule has 6 nitrogen and oxygen atoms in total. The Bertz CT molecular complexity index is 635. The lowest BCUT2D eigenvalue weighted by atomic mass is 10.1. The third-order valence-electron chi connectivity index (χ3n) is 3.21. The molecule has 0 saturated heterocycles. The third kappa shape index (κ3) is 3.59. The maximum atomic E-state index is 12.5. The number of aromatic nitrogens is 3. The van der Waals surface area contributed by atoms with E-state index >= 15 is 0 Å². The fraction of sp³-hybridized carbons (Fsp3) is 0.400. The first-order valence-electron chi connectivity index (χ1n) is 6.99. The summed E-state index contributed by atoms with van der Waals surface area (Å²) in [5, 5.41) is 10.1. The lowest BCUT2D eigenvalue weighted by Gasteiger charge is -2.17. The number of carbonyl (C=O) groups is 1. The van der Waals surface area contributed by atoms with E-state index in [4.69, 9.17) is 0 Å². The molecule has 21 heavy (non-hydrogen) atoms. The van der Waals surface area contributed by atoms with Crippen LogP contribution in [0.1, 0.15) is 34.5 Å². The molecule has 0 atom stereocenters. The molecule has 0 aliphatic rings. The molecule has 0 unspecified atom stereocenters. The van der Waals surface area contributed by atoms with Crippen molar-refractivity contribution in [2.24, 2.45) is 0 Å². The Morgan fingerprint density at radius 3 is 2.71 bits per heavy atom. The fourth-order valence-corrected chi connectivity index (χ4v) is 2.17. The molecule has 0 fully saturated rings. The minimum atomic E-state index is -0.0296. The minimum Gasteiger partial charge on any atom is -0.385 e. The van der Waals surface area contributed by atoms with Gasteiger partial charge >= 0.3 is 0 Å². The topological polar surface area (TPSA) is 73.9 Å². The van der Waals surface area contributed by atoms with Crippen molar-refractivity contribution in [2.45, 2.75) is 27.3 Å². The molecule has 112 valence electrons. The first kappa shape index (κ1) is 15.0. The van der Waals surface area contributed by atoms with E-state index in [1.54, 1.807) is 11.9 Å². The Hall–Kier alpha value is -2.37. The lowest BCUT2D eigenvalue weighted by Crippen LogP contribution is -2.27. The van der Waals surface area contributed by atoms with Crippen molar-refractivity contribution < 1.29 is 4.79 Å². The molecule has 0 spiro atoms. The molecule has 0 bridgehead atoms. The van der Waals surface area contributed by atoms with Gasteiger partial charge in [0.05, 0.1) is 6.54 Å². The van der Waals surface area contributed by atoms with Crippen LogP contribution in [0.4, 0.5) is 5.69 Å². The molecule has 2 aromatic rings. The predicted molar refractivity (Wildman–Crippen MR) is 82.3 cm³/mol. The number of anilines is 1. The van der Waals surface area contributed by atoms with Gasteiger partial charge in [0.1, 0.15) is 5.82 Å². The Kier molecular flexibility index (Phi) is 4.57. The zero-order valence-electron chi connectivity index (χ0n) is 12.9. The van der Waals surface area contributed by atoms with Gasteiger partial charge in [0.2, 0.25) is 0 Å². The molecule has 0 aliphatic carbocycles. The summed E-state index contributed by atoms with van der Waals surface area (Å²) in [5.74, 6) is 1.33. The van der Waals surface area contributed by atoms with E-state index in [1.807, 2.05) is 39.0 Å². The van der Waals surface area contributed by atoms with E-state index in [-0.39, 0.29) is 5.91 Å². The van der Waals surface area contributed by atoms with Gasteiger partial charge in [-0.3, -0.25) is 9.89 Å². The van der Waals surface area contributed by atoms with Gasteiger partial charge in [-0.2, -0.15) is 5.10 Å². The molecule has 2 N–H and O–H groups in total. The molecule has 0 saturated carbocycles. The number of H-pyrrole nitrogens is 1. The monoisotopic (exact) mass is 287 g/mol. The largest absolute Gasteiger partial charge is 0.385 e. The van der Waals surface area contributed by atoms with Gasteiger partial charge < -0.3 is 10.2 Å². The Labute approximate surface area is 124 Å². The van der Waals surface area contributed by atoms with Crippen molar-refractivity contribution in [3.05, 3.63) is 41.0 Å². The number of carbonyl (C=O) groups excluding carboxylic acids is 1. The van der Waals surface area contributed by atoms with Crippen LogP contribution in [0.15, 0.2) is 18.2 Å². The van der Waals surface area contributed by atoms with Crippen molar-refractivity contribution in [2.75, 3.05) is 18.9 Å². The van der Waals surface area contributed by atoms with E-state index in [1.165, 1.54) is 0 Å². The number of aromatic amines is 1. The smallest absolute Gasteiger partial charge is 0.254 e.